The third-order valence-electron chi connectivity index (χ3n) is 1.70. The van der Waals surface area contributed by atoms with Gasteiger partial charge in [0.05, 0.1) is 0 Å². The summed E-state index contributed by atoms with van der Waals surface area (Å²) < 4.78 is 4.64. The van der Waals surface area contributed by atoms with Crippen molar-refractivity contribution >= 4 is 6.29 Å². The number of aldehydes is 1. The van der Waals surface area contributed by atoms with Gasteiger partial charge in [-0.1, -0.05) is 5.16 Å². The number of rotatable bonds is 3. The highest BCUT2D eigenvalue weighted by atomic mass is 16.5. The van der Waals surface area contributed by atoms with Crippen LogP contribution < -0.4 is 0 Å². The quantitative estimate of drug-likeness (QED) is 0.670. The summed E-state index contributed by atoms with van der Waals surface area (Å²) >= 11 is 0. The van der Waals surface area contributed by atoms with Crippen molar-refractivity contribution in [3.05, 3.63) is 41.8 Å². The average molecular weight is 189 g/mol. The van der Waals surface area contributed by atoms with Gasteiger partial charge in [0.25, 0.3) is 5.89 Å². The summed E-state index contributed by atoms with van der Waals surface area (Å²) in [4.78, 5) is 18.0. The molecule has 5 heteroatoms. The van der Waals surface area contributed by atoms with Gasteiger partial charge >= 0.3 is 0 Å². The number of hydrogen-bond donors (Lipinski definition) is 0. The summed E-state index contributed by atoms with van der Waals surface area (Å²) in [6.45, 7) is 0. The lowest BCUT2D eigenvalue weighted by molar-refractivity contribution is 0.108. The van der Waals surface area contributed by atoms with Crippen LogP contribution in [0.2, 0.25) is 0 Å². The van der Waals surface area contributed by atoms with E-state index >= 15 is 0 Å². The van der Waals surface area contributed by atoms with Crippen LogP contribution in [0.4, 0.5) is 0 Å². The van der Waals surface area contributed by atoms with Crippen LogP contribution in [0.1, 0.15) is 22.1 Å². The molecule has 5 nitrogen and oxygen atoms in total. The molecule has 0 atom stereocenters. The molecule has 0 radical (unpaired) electrons. The molecule has 0 unspecified atom stereocenters. The van der Waals surface area contributed by atoms with Crippen LogP contribution in [0.3, 0.4) is 0 Å². The van der Waals surface area contributed by atoms with Gasteiger partial charge in [0.2, 0.25) is 6.29 Å². The van der Waals surface area contributed by atoms with Crippen LogP contribution in [0.15, 0.2) is 29.0 Å². The lowest BCUT2D eigenvalue weighted by atomic mass is 10.2. The van der Waals surface area contributed by atoms with Crippen molar-refractivity contribution in [2.75, 3.05) is 0 Å². The molecule has 14 heavy (non-hydrogen) atoms. The second kappa shape index (κ2) is 3.78. The van der Waals surface area contributed by atoms with Gasteiger partial charge in [-0.05, 0) is 17.7 Å². The second-order valence-electron chi connectivity index (χ2n) is 2.70. The lowest BCUT2D eigenvalue weighted by Crippen LogP contribution is -1.91. The van der Waals surface area contributed by atoms with Gasteiger partial charge in [0.15, 0.2) is 5.82 Å². The van der Waals surface area contributed by atoms with E-state index in [1.807, 2.05) is 12.1 Å². The molecule has 0 bridgehead atoms. The highest BCUT2D eigenvalue weighted by Crippen LogP contribution is 2.04. The number of aromatic nitrogens is 3. The Morgan fingerprint density at radius 3 is 2.79 bits per heavy atom. The topological polar surface area (TPSA) is 68.9 Å². The zero-order chi connectivity index (χ0) is 9.80. The number of carbonyl (C=O) groups excluding carboxylic acids is 1. The fourth-order valence-corrected chi connectivity index (χ4v) is 1.07. The predicted octanol–water partition coefficient (Wildman–Crippen LogP) is 0.868. The molecule has 0 aliphatic rings. The summed E-state index contributed by atoms with van der Waals surface area (Å²) in [5.74, 6) is 0.507. The lowest BCUT2D eigenvalue weighted by Gasteiger charge is -1.93. The Morgan fingerprint density at radius 2 is 2.14 bits per heavy atom. The fourth-order valence-electron chi connectivity index (χ4n) is 1.07. The molecule has 0 fully saturated rings. The largest absolute Gasteiger partial charge is 0.331 e. The van der Waals surface area contributed by atoms with Gasteiger partial charge in [-0.25, -0.2) is 0 Å². The third-order valence-corrected chi connectivity index (χ3v) is 1.70. The summed E-state index contributed by atoms with van der Waals surface area (Å²) in [7, 11) is 0. The first-order valence-electron chi connectivity index (χ1n) is 4.05. The van der Waals surface area contributed by atoms with Gasteiger partial charge in [-0.2, -0.15) is 4.98 Å². The summed E-state index contributed by atoms with van der Waals surface area (Å²) in [5.41, 5.74) is 1.03. The molecule has 0 aliphatic heterocycles. The van der Waals surface area contributed by atoms with E-state index in [2.05, 4.69) is 19.6 Å². The maximum Gasteiger partial charge on any atom is 0.290 e. The van der Waals surface area contributed by atoms with Crippen molar-refractivity contribution in [3.8, 4) is 0 Å². The van der Waals surface area contributed by atoms with Gasteiger partial charge in [0.1, 0.15) is 0 Å². The number of nitrogens with zero attached hydrogens (tertiary/aromatic N) is 3. The minimum Gasteiger partial charge on any atom is -0.331 e. The first kappa shape index (κ1) is 8.55. The van der Waals surface area contributed by atoms with Crippen molar-refractivity contribution in [1.82, 2.24) is 15.1 Å². The first-order chi connectivity index (χ1) is 6.88. The summed E-state index contributed by atoms with van der Waals surface area (Å²) in [6, 6.07) is 3.72. The highest BCUT2D eigenvalue weighted by molar-refractivity contribution is 5.66. The smallest absolute Gasteiger partial charge is 0.290 e. The predicted molar refractivity (Wildman–Crippen MR) is 46.7 cm³/mol. The first-order valence-corrected chi connectivity index (χ1v) is 4.05. The zero-order valence-electron chi connectivity index (χ0n) is 7.25. The van der Waals surface area contributed by atoms with Crippen molar-refractivity contribution in [2.24, 2.45) is 0 Å². The Kier molecular flexibility index (Phi) is 2.31. The molecular weight excluding hydrogens is 182 g/mol. The molecule has 2 heterocycles. The van der Waals surface area contributed by atoms with Gasteiger partial charge in [0, 0.05) is 18.8 Å². The maximum atomic E-state index is 10.3. The van der Waals surface area contributed by atoms with Crippen LogP contribution in [-0.2, 0) is 6.42 Å². The molecule has 2 aromatic rings. The van der Waals surface area contributed by atoms with Crippen molar-refractivity contribution in [3.63, 3.8) is 0 Å². The molecule has 0 saturated heterocycles. The molecule has 0 N–H and O–H groups in total. The van der Waals surface area contributed by atoms with E-state index < -0.39 is 0 Å². The monoisotopic (exact) mass is 189 g/mol. The fraction of sp³-hybridized carbons (Fsp3) is 0.111. The molecule has 0 spiro atoms. The molecule has 2 aromatic heterocycles. The van der Waals surface area contributed by atoms with Gasteiger partial charge < -0.3 is 4.52 Å². The van der Waals surface area contributed by atoms with E-state index in [0.717, 1.165) is 5.56 Å². The zero-order valence-corrected chi connectivity index (χ0v) is 7.25. The van der Waals surface area contributed by atoms with E-state index in [9.17, 15) is 4.79 Å². The van der Waals surface area contributed by atoms with E-state index in [1.165, 1.54) is 0 Å². The number of carbonyl (C=O) groups is 1. The molecule has 2 rings (SSSR count). The van der Waals surface area contributed by atoms with Gasteiger partial charge in [-0.15, -0.1) is 0 Å². The van der Waals surface area contributed by atoms with E-state index in [0.29, 0.717) is 18.5 Å². The van der Waals surface area contributed by atoms with Gasteiger partial charge in [-0.3, -0.25) is 9.78 Å². The Morgan fingerprint density at radius 1 is 1.36 bits per heavy atom. The molecule has 70 valence electrons. The summed E-state index contributed by atoms with van der Waals surface area (Å²) in [5, 5.41) is 3.64. The Balaban J connectivity index is 2.15. The Bertz CT molecular complexity index is 425. The van der Waals surface area contributed by atoms with Crippen LogP contribution >= 0.6 is 0 Å². The normalized spacial score (nSPS) is 10.0. The number of pyridine rings is 1. The average Bonchev–Trinajstić information content (AvgIpc) is 2.67. The van der Waals surface area contributed by atoms with Crippen molar-refractivity contribution in [2.45, 2.75) is 6.42 Å². The van der Waals surface area contributed by atoms with Crippen LogP contribution in [-0.4, -0.2) is 21.4 Å². The molecule has 0 aromatic carbocycles. The second-order valence-corrected chi connectivity index (χ2v) is 2.70. The minimum absolute atomic E-state index is 0.00839. The van der Waals surface area contributed by atoms with Crippen molar-refractivity contribution in [1.29, 1.82) is 0 Å². The molecule has 0 amide bonds. The number of hydrogen-bond acceptors (Lipinski definition) is 5. The molecule has 0 saturated carbocycles. The third kappa shape index (κ3) is 1.82. The highest BCUT2D eigenvalue weighted by Gasteiger charge is 2.04. The van der Waals surface area contributed by atoms with Crippen LogP contribution in [0, 0.1) is 0 Å². The SMILES string of the molecule is O=Cc1nc(Cc2ccncc2)no1. The van der Waals surface area contributed by atoms with Crippen molar-refractivity contribution < 1.29 is 9.32 Å². The Hall–Kier alpha value is -2.04. The van der Waals surface area contributed by atoms with E-state index in [4.69, 9.17) is 0 Å². The standard InChI is InChI=1S/C9H7N3O2/c13-6-9-11-8(12-14-9)5-7-1-3-10-4-2-7/h1-4,6H,5H2. The molecule has 0 aliphatic carbocycles. The minimum atomic E-state index is 0.00839. The van der Waals surface area contributed by atoms with E-state index in [1.54, 1.807) is 12.4 Å². The maximum absolute atomic E-state index is 10.3. The Labute approximate surface area is 79.8 Å². The van der Waals surface area contributed by atoms with Crippen LogP contribution in [0.25, 0.3) is 0 Å². The van der Waals surface area contributed by atoms with Crippen LogP contribution in [0.5, 0.6) is 0 Å². The summed E-state index contributed by atoms with van der Waals surface area (Å²) in [6.07, 6.45) is 4.45. The van der Waals surface area contributed by atoms with E-state index in [-0.39, 0.29) is 5.89 Å². The molecular formula is C9H7N3O2.